The summed E-state index contributed by atoms with van der Waals surface area (Å²) in [5.74, 6) is 0.189. The lowest BCUT2D eigenvalue weighted by Gasteiger charge is -2.23. The van der Waals surface area contributed by atoms with Crippen LogP contribution in [-0.4, -0.2) is 32.2 Å². The van der Waals surface area contributed by atoms with E-state index in [1.54, 1.807) is 0 Å². The summed E-state index contributed by atoms with van der Waals surface area (Å²) >= 11 is 0. The molecule has 1 saturated heterocycles. The molecule has 0 spiro atoms. The third-order valence-corrected chi connectivity index (χ3v) is 3.24. The van der Waals surface area contributed by atoms with Crippen LogP contribution >= 0.6 is 0 Å². The van der Waals surface area contributed by atoms with Gasteiger partial charge in [-0.15, -0.1) is 0 Å². The number of ether oxygens (including phenoxy) is 1. The zero-order chi connectivity index (χ0) is 12.5. The molecule has 0 radical (unpaired) electrons. The van der Waals surface area contributed by atoms with E-state index < -0.39 is 0 Å². The van der Waals surface area contributed by atoms with Crippen molar-refractivity contribution in [2.45, 2.75) is 31.9 Å². The number of nitrogen functional groups attached to an aromatic ring is 1. The third kappa shape index (κ3) is 1.86. The second-order valence-electron chi connectivity index (χ2n) is 4.48. The summed E-state index contributed by atoms with van der Waals surface area (Å²) in [4.78, 5) is 23.0. The molecule has 1 aliphatic heterocycles. The zero-order valence-electron chi connectivity index (χ0n) is 9.93. The van der Waals surface area contributed by atoms with E-state index in [-0.39, 0.29) is 17.6 Å². The van der Waals surface area contributed by atoms with Crippen molar-refractivity contribution in [1.82, 2.24) is 19.5 Å². The van der Waals surface area contributed by atoms with Crippen LogP contribution in [0.25, 0.3) is 11.2 Å². The van der Waals surface area contributed by atoms with Gasteiger partial charge in [-0.1, -0.05) is 0 Å². The van der Waals surface area contributed by atoms with Crippen LogP contribution in [0.2, 0.25) is 0 Å². The van der Waals surface area contributed by atoms with E-state index in [1.165, 1.54) is 10.9 Å². The highest BCUT2D eigenvalue weighted by atomic mass is 16.5. The van der Waals surface area contributed by atoms with Crippen molar-refractivity contribution in [1.29, 1.82) is 0 Å². The first-order valence-corrected chi connectivity index (χ1v) is 6.06. The van der Waals surface area contributed by atoms with Gasteiger partial charge in [0.1, 0.15) is 0 Å². The standard InChI is InChI=1S/C11H15N5O2/c12-11-15-9-8(13-6-14-9)10(17)16(11)5-7-3-1-2-4-18-7/h6-7H,1-5H2,(H2,12,15)(H,13,14). The van der Waals surface area contributed by atoms with Crippen molar-refractivity contribution in [2.75, 3.05) is 12.3 Å². The number of H-pyrrole nitrogens is 1. The molecule has 1 aliphatic rings. The van der Waals surface area contributed by atoms with Crippen molar-refractivity contribution in [3.63, 3.8) is 0 Å². The summed E-state index contributed by atoms with van der Waals surface area (Å²) in [5, 5.41) is 0. The minimum atomic E-state index is -0.191. The third-order valence-electron chi connectivity index (χ3n) is 3.24. The Morgan fingerprint density at radius 1 is 1.56 bits per heavy atom. The fourth-order valence-electron chi connectivity index (χ4n) is 2.27. The number of anilines is 1. The molecular weight excluding hydrogens is 234 g/mol. The van der Waals surface area contributed by atoms with Crippen molar-refractivity contribution in [3.05, 3.63) is 16.7 Å². The number of aromatic nitrogens is 4. The molecule has 2 aromatic rings. The summed E-state index contributed by atoms with van der Waals surface area (Å²) in [7, 11) is 0. The molecule has 0 aromatic carbocycles. The van der Waals surface area contributed by atoms with Crippen LogP contribution in [0.3, 0.4) is 0 Å². The second kappa shape index (κ2) is 4.41. The number of fused-ring (bicyclic) bond motifs is 1. The Bertz CT molecular complexity index is 611. The molecule has 0 bridgehead atoms. The monoisotopic (exact) mass is 249 g/mol. The smallest absolute Gasteiger partial charge is 0.281 e. The first-order chi connectivity index (χ1) is 8.75. The summed E-state index contributed by atoms with van der Waals surface area (Å²) in [6, 6.07) is 0. The summed E-state index contributed by atoms with van der Waals surface area (Å²) in [6.45, 7) is 1.20. The van der Waals surface area contributed by atoms with Gasteiger partial charge in [0, 0.05) is 6.61 Å². The van der Waals surface area contributed by atoms with Crippen molar-refractivity contribution in [3.8, 4) is 0 Å². The highest BCUT2D eigenvalue weighted by Crippen LogP contribution is 2.15. The Balaban J connectivity index is 1.97. The molecule has 2 aromatic heterocycles. The minimum absolute atomic E-state index is 0.0425. The largest absolute Gasteiger partial charge is 0.376 e. The maximum absolute atomic E-state index is 12.2. The molecule has 1 fully saturated rings. The van der Waals surface area contributed by atoms with E-state index in [4.69, 9.17) is 10.5 Å². The first-order valence-electron chi connectivity index (χ1n) is 6.06. The fraction of sp³-hybridized carbons (Fsp3) is 0.545. The Hall–Kier alpha value is -1.89. The highest BCUT2D eigenvalue weighted by molar-refractivity contribution is 5.69. The number of nitrogens with two attached hydrogens (primary N) is 1. The molecule has 96 valence electrons. The molecule has 3 rings (SSSR count). The second-order valence-corrected chi connectivity index (χ2v) is 4.48. The van der Waals surface area contributed by atoms with Crippen LogP contribution in [0.1, 0.15) is 19.3 Å². The summed E-state index contributed by atoms with van der Waals surface area (Å²) in [5.41, 5.74) is 6.36. The van der Waals surface area contributed by atoms with Gasteiger partial charge >= 0.3 is 0 Å². The Labute approximate surface area is 103 Å². The summed E-state index contributed by atoms with van der Waals surface area (Å²) < 4.78 is 7.07. The molecule has 7 nitrogen and oxygen atoms in total. The van der Waals surface area contributed by atoms with Gasteiger partial charge in [-0.05, 0) is 19.3 Å². The fourth-order valence-corrected chi connectivity index (χ4v) is 2.27. The SMILES string of the molecule is Nc1nc2nc[nH]c2c(=O)n1CC1CCCCO1. The Morgan fingerprint density at radius 2 is 2.44 bits per heavy atom. The molecule has 1 atom stereocenters. The molecule has 0 aliphatic carbocycles. The van der Waals surface area contributed by atoms with E-state index in [9.17, 15) is 4.79 Å². The van der Waals surface area contributed by atoms with Crippen molar-refractivity contribution < 1.29 is 4.74 Å². The summed E-state index contributed by atoms with van der Waals surface area (Å²) in [6.07, 6.45) is 4.64. The van der Waals surface area contributed by atoms with Crippen LogP contribution in [-0.2, 0) is 11.3 Å². The van der Waals surface area contributed by atoms with Crippen molar-refractivity contribution >= 4 is 17.1 Å². The number of nitrogens with one attached hydrogen (secondary N) is 1. The molecule has 3 N–H and O–H groups in total. The lowest BCUT2D eigenvalue weighted by atomic mass is 10.1. The number of aromatic amines is 1. The van der Waals surface area contributed by atoms with E-state index in [0.29, 0.717) is 17.7 Å². The van der Waals surface area contributed by atoms with E-state index in [0.717, 1.165) is 25.9 Å². The van der Waals surface area contributed by atoms with Crippen molar-refractivity contribution in [2.24, 2.45) is 0 Å². The number of nitrogens with zero attached hydrogens (tertiary/aromatic N) is 3. The first kappa shape index (κ1) is 11.2. The minimum Gasteiger partial charge on any atom is -0.376 e. The maximum atomic E-state index is 12.2. The molecule has 0 saturated carbocycles. The van der Waals surface area contributed by atoms with Crippen LogP contribution in [0.15, 0.2) is 11.1 Å². The van der Waals surface area contributed by atoms with E-state index in [2.05, 4.69) is 15.0 Å². The number of imidazole rings is 1. The molecular formula is C11H15N5O2. The van der Waals surface area contributed by atoms with Crippen LogP contribution in [0.4, 0.5) is 5.95 Å². The van der Waals surface area contributed by atoms with Gasteiger partial charge < -0.3 is 15.5 Å². The van der Waals surface area contributed by atoms with Crippen LogP contribution in [0.5, 0.6) is 0 Å². The van der Waals surface area contributed by atoms with Gasteiger partial charge in [0.2, 0.25) is 5.95 Å². The highest BCUT2D eigenvalue weighted by Gasteiger charge is 2.18. The van der Waals surface area contributed by atoms with E-state index >= 15 is 0 Å². The lowest BCUT2D eigenvalue weighted by Crippen LogP contribution is -2.32. The molecule has 7 heteroatoms. The van der Waals surface area contributed by atoms with Gasteiger partial charge in [0.25, 0.3) is 5.56 Å². The molecule has 0 amide bonds. The Kier molecular flexibility index (Phi) is 2.75. The quantitative estimate of drug-likeness (QED) is 0.796. The average Bonchev–Trinajstić information content (AvgIpc) is 2.84. The molecule has 1 unspecified atom stereocenters. The number of rotatable bonds is 2. The van der Waals surface area contributed by atoms with E-state index in [1.807, 2.05) is 0 Å². The van der Waals surface area contributed by atoms with Gasteiger partial charge in [-0.3, -0.25) is 9.36 Å². The Morgan fingerprint density at radius 3 is 3.22 bits per heavy atom. The van der Waals surface area contributed by atoms with Gasteiger partial charge in [0.05, 0.1) is 19.0 Å². The lowest BCUT2D eigenvalue weighted by molar-refractivity contribution is 0.00573. The van der Waals surface area contributed by atoms with Gasteiger partial charge in [-0.25, -0.2) is 4.98 Å². The maximum Gasteiger partial charge on any atom is 0.281 e. The number of hydrogen-bond acceptors (Lipinski definition) is 5. The molecule has 3 heterocycles. The normalized spacial score (nSPS) is 20.3. The zero-order valence-corrected chi connectivity index (χ0v) is 9.93. The van der Waals surface area contributed by atoms with Gasteiger partial charge in [0.15, 0.2) is 11.2 Å². The molecule has 18 heavy (non-hydrogen) atoms. The number of hydrogen-bond donors (Lipinski definition) is 2. The van der Waals surface area contributed by atoms with Crippen LogP contribution < -0.4 is 11.3 Å². The predicted octanol–water partition coefficient (Wildman–Crippen LogP) is 0.271. The topological polar surface area (TPSA) is 98.8 Å². The van der Waals surface area contributed by atoms with Crippen LogP contribution in [0, 0.1) is 0 Å². The predicted molar refractivity (Wildman–Crippen MR) is 66.2 cm³/mol. The average molecular weight is 249 g/mol. The van der Waals surface area contributed by atoms with Gasteiger partial charge in [-0.2, -0.15) is 4.98 Å².